The van der Waals surface area contributed by atoms with Gasteiger partial charge in [-0.2, -0.15) is 0 Å². The van der Waals surface area contributed by atoms with Gasteiger partial charge in [-0.1, -0.05) is 11.3 Å². The van der Waals surface area contributed by atoms with Gasteiger partial charge in [0.2, 0.25) is 0 Å². The molecule has 182 valence electrons. The van der Waals surface area contributed by atoms with Crippen molar-refractivity contribution in [3.63, 3.8) is 0 Å². The van der Waals surface area contributed by atoms with Crippen molar-refractivity contribution >= 4 is 32.6 Å². The lowest BCUT2D eigenvalue weighted by Crippen LogP contribution is -2.40. The molecule has 0 unspecified atom stereocenters. The summed E-state index contributed by atoms with van der Waals surface area (Å²) in [5.74, 6) is 2.04. The van der Waals surface area contributed by atoms with Gasteiger partial charge in [0.05, 0.1) is 37.1 Å². The molecule has 1 fully saturated rings. The number of hydrogen-bond acceptors (Lipinski definition) is 8. The Balaban J connectivity index is 1.46. The number of rotatable bonds is 11. The standard InChI is InChI=1S/C25H31N3O5S/c1-3-32-21-9-10-22-23(17-21)34-25(26-22)28(12-4-11-27-13-15-31-16-14-27)24(29)18-33-20-7-5-19(30-2)6-8-20/h5-10,17H,3-4,11-16,18H2,1-2H3. The van der Waals surface area contributed by atoms with Crippen LogP contribution in [0.2, 0.25) is 0 Å². The van der Waals surface area contributed by atoms with Gasteiger partial charge in [-0.05, 0) is 55.8 Å². The molecule has 9 heteroatoms. The Hall–Kier alpha value is -2.88. The molecule has 8 nitrogen and oxygen atoms in total. The Morgan fingerprint density at radius 3 is 2.56 bits per heavy atom. The van der Waals surface area contributed by atoms with Crippen LogP contribution < -0.4 is 19.1 Å². The number of carbonyl (C=O) groups is 1. The van der Waals surface area contributed by atoms with Gasteiger partial charge in [-0.3, -0.25) is 14.6 Å². The molecule has 0 spiro atoms. The second-order valence-corrected chi connectivity index (χ2v) is 8.89. The lowest BCUT2D eigenvalue weighted by atomic mass is 10.3. The first-order valence-electron chi connectivity index (χ1n) is 11.6. The van der Waals surface area contributed by atoms with Gasteiger partial charge < -0.3 is 18.9 Å². The smallest absolute Gasteiger partial charge is 0.266 e. The fraction of sp³-hybridized carbons (Fsp3) is 0.440. The van der Waals surface area contributed by atoms with E-state index < -0.39 is 0 Å². The van der Waals surface area contributed by atoms with E-state index in [1.54, 1.807) is 24.1 Å². The van der Waals surface area contributed by atoms with E-state index in [9.17, 15) is 4.79 Å². The van der Waals surface area contributed by atoms with Gasteiger partial charge >= 0.3 is 0 Å². The Morgan fingerprint density at radius 2 is 1.82 bits per heavy atom. The molecule has 2 aromatic carbocycles. The molecule has 2 heterocycles. The van der Waals surface area contributed by atoms with Crippen molar-refractivity contribution in [2.45, 2.75) is 13.3 Å². The minimum Gasteiger partial charge on any atom is -0.497 e. The fourth-order valence-electron chi connectivity index (χ4n) is 3.76. The summed E-state index contributed by atoms with van der Waals surface area (Å²) in [7, 11) is 1.61. The zero-order valence-corrected chi connectivity index (χ0v) is 20.5. The highest BCUT2D eigenvalue weighted by molar-refractivity contribution is 7.22. The molecule has 1 aliphatic heterocycles. The van der Waals surface area contributed by atoms with E-state index in [-0.39, 0.29) is 12.5 Å². The second kappa shape index (κ2) is 12.0. The van der Waals surface area contributed by atoms with Crippen LogP contribution in [0.25, 0.3) is 10.2 Å². The van der Waals surface area contributed by atoms with Crippen molar-refractivity contribution in [3.05, 3.63) is 42.5 Å². The van der Waals surface area contributed by atoms with Crippen LogP contribution in [0, 0.1) is 0 Å². The number of thiazole rings is 1. The first kappa shape index (κ1) is 24.3. The van der Waals surface area contributed by atoms with Crippen molar-refractivity contribution in [1.29, 1.82) is 0 Å². The van der Waals surface area contributed by atoms with Crippen LogP contribution in [-0.2, 0) is 9.53 Å². The summed E-state index contributed by atoms with van der Waals surface area (Å²) in [6.07, 6.45) is 0.842. The molecular formula is C25H31N3O5S. The number of aromatic nitrogens is 1. The van der Waals surface area contributed by atoms with Crippen LogP contribution in [0.5, 0.6) is 17.2 Å². The highest BCUT2D eigenvalue weighted by Gasteiger charge is 2.21. The monoisotopic (exact) mass is 485 g/mol. The minimum absolute atomic E-state index is 0.0655. The summed E-state index contributed by atoms with van der Waals surface area (Å²) >= 11 is 1.49. The van der Waals surface area contributed by atoms with Gasteiger partial charge in [0, 0.05) is 26.2 Å². The molecule has 1 aliphatic rings. The summed E-state index contributed by atoms with van der Waals surface area (Å²) < 4.78 is 23.0. The molecule has 1 saturated heterocycles. The molecule has 4 rings (SSSR count). The number of ether oxygens (including phenoxy) is 4. The van der Waals surface area contributed by atoms with Crippen molar-refractivity contribution in [3.8, 4) is 17.2 Å². The molecule has 3 aromatic rings. The number of anilines is 1. The predicted molar refractivity (Wildman–Crippen MR) is 134 cm³/mol. The Kier molecular flexibility index (Phi) is 8.56. The van der Waals surface area contributed by atoms with E-state index >= 15 is 0 Å². The maximum Gasteiger partial charge on any atom is 0.266 e. The minimum atomic E-state index is -0.123. The molecule has 1 aromatic heterocycles. The highest BCUT2D eigenvalue weighted by Crippen LogP contribution is 2.32. The third kappa shape index (κ3) is 6.37. The van der Waals surface area contributed by atoms with Gasteiger partial charge in [-0.15, -0.1) is 0 Å². The number of nitrogens with zero attached hydrogens (tertiary/aromatic N) is 3. The number of benzene rings is 2. The molecule has 34 heavy (non-hydrogen) atoms. The molecule has 0 bridgehead atoms. The largest absolute Gasteiger partial charge is 0.497 e. The van der Waals surface area contributed by atoms with E-state index in [1.807, 2.05) is 37.3 Å². The molecule has 0 radical (unpaired) electrons. The van der Waals surface area contributed by atoms with E-state index in [1.165, 1.54) is 11.3 Å². The van der Waals surface area contributed by atoms with E-state index in [0.29, 0.717) is 24.0 Å². The van der Waals surface area contributed by atoms with E-state index in [2.05, 4.69) is 4.90 Å². The molecule has 0 N–H and O–H groups in total. The summed E-state index contributed by atoms with van der Waals surface area (Å²) in [5, 5.41) is 0.675. The predicted octanol–water partition coefficient (Wildman–Crippen LogP) is 3.84. The van der Waals surface area contributed by atoms with Crippen molar-refractivity contribution in [2.24, 2.45) is 0 Å². The van der Waals surface area contributed by atoms with Crippen LogP contribution in [0.1, 0.15) is 13.3 Å². The van der Waals surface area contributed by atoms with E-state index in [4.69, 9.17) is 23.9 Å². The van der Waals surface area contributed by atoms with Crippen LogP contribution >= 0.6 is 11.3 Å². The number of morpholine rings is 1. The fourth-order valence-corrected chi connectivity index (χ4v) is 4.80. The average Bonchev–Trinajstić information content (AvgIpc) is 3.29. The maximum atomic E-state index is 13.3. The van der Waals surface area contributed by atoms with Crippen LogP contribution in [0.4, 0.5) is 5.13 Å². The van der Waals surface area contributed by atoms with Gasteiger partial charge in [-0.25, -0.2) is 4.98 Å². The molecule has 0 atom stereocenters. The number of hydrogen-bond donors (Lipinski definition) is 0. The summed E-state index contributed by atoms with van der Waals surface area (Å²) in [5.41, 5.74) is 0.852. The Morgan fingerprint density at radius 1 is 1.09 bits per heavy atom. The number of fused-ring (bicyclic) bond motifs is 1. The average molecular weight is 486 g/mol. The quantitative estimate of drug-likeness (QED) is 0.409. The zero-order chi connectivity index (χ0) is 23.8. The normalized spacial score (nSPS) is 14.2. The third-order valence-corrected chi connectivity index (χ3v) is 6.61. The van der Waals surface area contributed by atoms with Gasteiger partial charge in [0.15, 0.2) is 11.7 Å². The van der Waals surface area contributed by atoms with Crippen molar-refractivity contribution in [2.75, 3.05) is 64.6 Å². The number of carbonyl (C=O) groups excluding carboxylic acids is 1. The Bertz CT molecular complexity index is 1070. The molecular weight excluding hydrogens is 454 g/mol. The highest BCUT2D eigenvalue weighted by atomic mass is 32.1. The lowest BCUT2D eigenvalue weighted by Gasteiger charge is -2.27. The maximum absolute atomic E-state index is 13.3. The molecule has 1 amide bonds. The Labute approximate surface area is 204 Å². The van der Waals surface area contributed by atoms with Crippen molar-refractivity contribution in [1.82, 2.24) is 9.88 Å². The number of amides is 1. The molecule has 0 saturated carbocycles. The number of methoxy groups -OCH3 is 1. The van der Waals surface area contributed by atoms with Crippen molar-refractivity contribution < 1.29 is 23.7 Å². The first-order valence-corrected chi connectivity index (χ1v) is 12.4. The molecule has 0 aliphatic carbocycles. The van der Waals surface area contributed by atoms with Crippen LogP contribution in [-0.4, -0.2) is 75.5 Å². The third-order valence-electron chi connectivity index (χ3n) is 5.57. The van der Waals surface area contributed by atoms with Crippen LogP contribution in [0.15, 0.2) is 42.5 Å². The topological polar surface area (TPSA) is 73.4 Å². The first-order chi connectivity index (χ1) is 16.7. The van der Waals surface area contributed by atoms with Gasteiger partial charge in [0.1, 0.15) is 17.2 Å². The van der Waals surface area contributed by atoms with Crippen LogP contribution in [0.3, 0.4) is 0 Å². The second-order valence-electron chi connectivity index (χ2n) is 7.88. The summed E-state index contributed by atoms with van der Waals surface area (Å²) in [6.45, 7) is 7.35. The lowest BCUT2D eigenvalue weighted by molar-refractivity contribution is -0.120. The summed E-state index contributed by atoms with van der Waals surface area (Å²) in [4.78, 5) is 22.1. The SMILES string of the molecule is CCOc1ccc2nc(N(CCCN3CCOCC3)C(=O)COc3ccc(OC)cc3)sc2c1. The summed E-state index contributed by atoms with van der Waals surface area (Å²) in [6, 6.07) is 13.0. The zero-order valence-electron chi connectivity index (χ0n) is 19.7. The van der Waals surface area contributed by atoms with E-state index in [0.717, 1.165) is 61.0 Å². The van der Waals surface area contributed by atoms with Gasteiger partial charge in [0.25, 0.3) is 5.91 Å².